The van der Waals surface area contributed by atoms with Crippen LogP contribution in [-0.2, 0) is 15.9 Å². The van der Waals surface area contributed by atoms with E-state index in [0.29, 0.717) is 16.3 Å². The summed E-state index contributed by atoms with van der Waals surface area (Å²) in [4.78, 5) is 0.170. The lowest BCUT2D eigenvalue weighted by atomic mass is 10.2. The summed E-state index contributed by atoms with van der Waals surface area (Å²) in [7, 11) is -2.11. The minimum Gasteiger partial charge on any atom is -0.269 e. The van der Waals surface area contributed by atoms with Gasteiger partial charge in [-0.2, -0.15) is 0 Å². The molecular weight excluding hydrogens is 317 g/mol. The lowest BCUT2D eigenvalue weighted by molar-refractivity contribution is 0.594. The van der Waals surface area contributed by atoms with Crippen LogP contribution >= 0.6 is 23.2 Å². The molecule has 20 heavy (non-hydrogen) atoms. The molecule has 2 aromatic carbocycles. The molecule has 2 aromatic rings. The van der Waals surface area contributed by atoms with Crippen LogP contribution in [-0.4, -0.2) is 15.5 Å². The van der Waals surface area contributed by atoms with Crippen molar-refractivity contribution in [2.45, 2.75) is 10.8 Å². The lowest BCUT2D eigenvalue weighted by Crippen LogP contribution is -2.26. The van der Waals surface area contributed by atoms with Crippen molar-refractivity contribution in [3.8, 4) is 0 Å². The highest BCUT2D eigenvalue weighted by molar-refractivity contribution is 7.92. The van der Waals surface area contributed by atoms with Crippen LogP contribution in [0.25, 0.3) is 0 Å². The first-order valence-corrected chi connectivity index (χ1v) is 8.20. The zero-order chi connectivity index (χ0) is 14.8. The first kappa shape index (κ1) is 15.2. The van der Waals surface area contributed by atoms with Crippen molar-refractivity contribution in [2.75, 3.05) is 11.4 Å². The van der Waals surface area contributed by atoms with Gasteiger partial charge in [0.2, 0.25) is 0 Å². The van der Waals surface area contributed by atoms with Gasteiger partial charge in [0.25, 0.3) is 10.0 Å². The number of anilines is 1. The van der Waals surface area contributed by atoms with Gasteiger partial charge in [0, 0.05) is 18.0 Å². The molecule has 0 aliphatic rings. The van der Waals surface area contributed by atoms with Crippen LogP contribution < -0.4 is 4.31 Å². The van der Waals surface area contributed by atoms with Crippen LogP contribution in [0.15, 0.2) is 53.4 Å². The Labute approximate surface area is 128 Å². The molecule has 0 heterocycles. The van der Waals surface area contributed by atoms with Gasteiger partial charge in [0.1, 0.15) is 0 Å². The van der Waals surface area contributed by atoms with E-state index in [4.69, 9.17) is 23.2 Å². The Bertz CT molecular complexity index is 702. The van der Waals surface area contributed by atoms with E-state index < -0.39 is 10.0 Å². The molecule has 0 aliphatic heterocycles. The third-order valence-electron chi connectivity index (χ3n) is 2.94. The highest BCUT2D eigenvalue weighted by Gasteiger charge is 2.21. The van der Waals surface area contributed by atoms with Gasteiger partial charge in [0.05, 0.1) is 10.6 Å². The Morgan fingerprint density at radius 3 is 2.35 bits per heavy atom. The quantitative estimate of drug-likeness (QED) is 0.797. The number of alkyl halides is 1. The first-order chi connectivity index (χ1) is 9.46. The summed E-state index contributed by atoms with van der Waals surface area (Å²) in [5, 5.41) is 0.460. The molecule has 0 bridgehead atoms. The maximum Gasteiger partial charge on any atom is 0.264 e. The van der Waals surface area contributed by atoms with E-state index >= 15 is 0 Å². The normalized spacial score (nSPS) is 11.3. The van der Waals surface area contributed by atoms with E-state index in [2.05, 4.69) is 0 Å². The second-order valence-corrected chi connectivity index (χ2v) is 6.84. The number of hydrogen-bond acceptors (Lipinski definition) is 2. The van der Waals surface area contributed by atoms with Crippen LogP contribution in [0.1, 0.15) is 5.56 Å². The molecule has 0 saturated heterocycles. The Hall–Kier alpha value is -1.23. The zero-order valence-electron chi connectivity index (χ0n) is 10.8. The largest absolute Gasteiger partial charge is 0.269 e. The van der Waals surface area contributed by atoms with E-state index in [1.54, 1.807) is 30.3 Å². The van der Waals surface area contributed by atoms with Crippen molar-refractivity contribution in [3.05, 3.63) is 59.1 Å². The molecule has 0 aliphatic carbocycles. The van der Waals surface area contributed by atoms with Crippen molar-refractivity contribution >= 4 is 38.9 Å². The second kappa shape index (κ2) is 6.04. The summed E-state index contributed by atoms with van der Waals surface area (Å²) in [6.45, 7) is 0. The van der Waals surface area contributed by atoms with E-state index in [0.717, 1.165) is 0 Å². The molecule has 0 radical (unpaired) electrons. The third kappa shape index (κ3) is 2.92. The fraction of sp³-hybridized carbons (Fsp3) is 0.143. The number of para-hydroxylation sites is 1. The van der Waals surface area contributed by atoms with Crippen molar-refractivity contribution < 1.29 is 8.42 Å². The number of hydrogen-bond donors (Lipinski definition) is 0. The van der Waals surface area contributed by atoms with Crippen LogP contribution in [0.3, 0.4) is 0 Å². The molecule has 0 unspecified atom stereocenters. The highest BCUT2D eigenvalue weighted by Crippen LogP contribution is 2.26. The summed E-state index contributed by atoms with van der Waals surface area (Å²) >= 11 is 11.7. The Balaban J connectivity index is 2.45. The van der Waals surface area contributed by atoms with Gasteiger partial charge in [-0.3, -0.25) is 4.31 Å². The standard InChI is InChI=1S/C14H13Cl2NO2S/c1-17(12-5-3-2-4-6-12)20(18,19)13-7-8-14(16)11(9-13)10-15/h2-9H,10H2,1H3. The Morgan fingerprint density at radius 2 is 1.75 bits per heavy atom. The number of nitrogens with zero attached hydrogens (tertiary/aromatic N) is 1. The maximum absolute atomic E-state index is 12.6. The van der Waals surface area contributed by atoms with Gasteiger partial charge in [-0.05, 0) is 35.9 Å². The van der Waals surface area contributed by atoms with Gasteiger partial charge in [-0.1, -0.05) is 29.8 Å². The number of benzene rings is 2. The predicted octanol–water partition coefficient (Wildman–Crippen LogP) is 3.90. The van der Waals surface area contributed by atoms with Gasteiger partial charge in [-0.25, -0.2) is 8.42 Å². The summed E-state index contributed by atoms with van der Waals surface area (Å²) in [6, 6.07) is 13.4. The molecule has 106 valence electrons. The van der Waals surface area contributed by atoms with Crippen molar-refractivity contribution in [1.29, 1.82) is 0 Å². The molecule has 0 atom stereocenters. The molecule has 3 nitrogen and oxygen atoms in total. The molecule has 0 fully saturated rings. The Kier molecular flexibility index (Phi) is 4.58. The molecule has 0 N–H and O–H groups in total. The molecule has 6 heteroatoms. The summed E-state index contributed by atoms with van der Waals surface area (Å²) in [6.07, 6.45) is 0. The van der Waals surface area contributed by atoms with Crippen molar-refractivity contribution in [1.82, 2.24) is 0 Å². The fourth-order valence-corrected chi connectivity index (χ4v) is 3.47. The maximum atomic E-state index is 12.6. The molecule has 0 amide bonds. The van der Waals surface area contributed by atoms with Gasteiger partial charge in [0.15, 0.2) is 0 Å². The monoisotopic (exact) mass is 329 g/mol. The van der Waals surface area contributed by atoms with E-state index in [9.17, 15) is 8.42 Å². The average molecular weight is 330 g/mol. The van der Waals surface area contributed by atoms with E-state index in [-0.39, 0.29) is 10.8 Å². The van der Waals surface area contributed by atoms with Crippen molar-refractivity contribution in [3.63, 3.8) is 0 Å². The van der Waals surface area contributed by atoms with Crippen molar-refractivity contribution in [2.24, 2.45) is 0 Å². The molecule has 0 saturated carbocycles. The number of sulfonamides is 1. The van der Waals surface area contributed by atoms with Crippen LogP contribution in [0, 0.1) is 0 Å². The first-order valence-electron chi connectivity index (χ1n) is 5.85. The molecule has 2 rings (SSSR count). The Morgan fingerprint density at radius 1 is 1.10 bits per heavy atom. The fourth-order valence-electron chi connectivity index (χ4n) is 1.75. The summed E-state index contributed by atoms with van der Waals surface area (Å²) in [5.74, 6) is 0.164. The van der Waals surface area contributed by atoms with E-state index in [1.165, 1.54) is 23.5 Å². The van der Waals surface area contributed by atoms with Crippen LogP contribution in [0.5, 0.6) is 0 Å². The SMILES string of the molecule is CN(c1ccccc1)S(=O)(=O)c1ccc(Cl)c(CCl)c1. The van der Waals surface area contributed by atoms with Gasteiger partial charge >= 0.3 is 0 Å². The van der Waals surface area contributed by atoms with Crippen LogP contribution in [0.4, 0.5) is 5.69 Å². The minimum absolute atomic E-state index is 0.164. The zero-order valence-corrected chi connectivity index (χ0v) is 13.1. The van der Waals surface area contributed by atoms with Gasteiger partial charge < -0.3 is 0 Å². The summed E-state index contributed by atoms with van der Waals surface area (Å²) in [5.41, 5.74) is 1.19. The number of rotatable bonds is 4. The van der Waals surface area contributed by atoms with Gasteiger partial charge in [-0.15, -0.1) is 11.6 Å². The predicted molar refractivity (Wildman–Crippen MR) is 83.0 cm³/mol. The topological polar surface area (TPSA) is 37.4 Å². The summed E-state index contributed by atoms with van der Waals surface area (Å²) < 4.78 is 26.3. The molecular formula is C14H13Cl2NO2S. The lowest BCUT2D eigenvalue weighted by Gasteiger charge is -2.19. The van der Waals surface area contributed by atoms with Crippen LogP contribution in [0.2, 0.25) is 5.02 Å². The smallest absolute Gasteiger partial charge is 0.264 e. The third-order valence-corrected chi connectivity index (χ3v) is 5.38. The molecule has 0 aromatic heterocycles. The van der Waals surface area contributed by atoms with E-state index in [1.807, 2.05) is 6.07 Å². The molecule has 0 spiro atoms. The second-order valence-electron chi connectivity index (χ2n) is 4.19. The highest BCUT2D eigenvalue weighted by atomic mass is 35.5. The average Bonchev–Trinajstić information content (AvgIpc) is 2.47. The minimum atomic E-state index is -3.63. The number of halogens is 2.